The van der Waals surface area contributed by atoms with Crippen molar-refractivity contribution in [2.75, 3.05) is 0 Å². The fourth-order valence-corrected chi connectivity index (χ4v) is 4.42. The Labute approximate surface area is 156 Å². The number of aromatic nitrogens is 3. The van der Waals surface area contributed by atoms with Crippen LogP contribution < -0.4 is 5.73 Å². The molecule has 0 aliphatic heterocycles. The Balaban J connectivity index is 1.69. The quantitative estimate of drug-likeness (QED) is 0.702. The maximum absolute atomic E-state index is 6.28. The number of hydrogen-bond donors (Lipinski definition) is 1. The molecule has 2 aromatic heterocycles. The Bertz CT molecular complexity index is 1070. The summed E-state index contributed by atoms with van der Waals surface area (Å²) in [6.45, 7) is 2.48. The second kappa shape index (κ2) is 5.81. The van der Waals surface area contributed by atoms with Gasteiger partial charge in [-0.1, -0.05) is 11.6 Å². The van der Waals surface area contributed by atoms with Gasteiger partial charge >= 0.3 is 0 Å². The zero-order valence-corrected chi connectivity index (χ0v) is 15.3. The molecule has 2 saturated carbocycles. The van der Waals surface area contributed by atoms with Gasteiger partial charge < -0.3 is 10.3 Å². The number of aliphatic imine (C=N–C) groups is 1. The van der Waals surface area contributed by atoms with Crippen molar-refractivity contribution in [3.8, 4) is 0 Å². The van der Waals surface area contributed by atoms with Crippen LogP contribution >= 0.6 is 11.6 Å². The summed E-state index contributed by atoms with van der Waals surface area (Å²) in [4.78, 5) is 14.0. The molecule has 0 bridgehead atoms. The van der Waals surface area contributed by atoms with Crippen molar-refractivity contribution in [3.63, 3.8) is 0 Å². The number of imidazole rings is 1. The zero-order valence-electron chi connectivity index (χ0n) is 14.6. The van der Waals surface area contributed by atoms with Gasteiger partial charge in [-0.2, -0.15) is 0 Å². The molecule has 5 rings (SSSR count). The monoisotopic (exact) mass is 365 g/mol. The van der Waals surface area contributed by atoms with Crippen LogP contribution in [-0.4, -0.2) is 20.7 Å². The van der Waals surface area contributed by atoms with Crippen LogP contribution in [0.5, 0.6) is 0 Å². The molecule has 132 valence electrons. The minimum atomic E-state index is 0.540. The first-order chi connectivity index (χ1) is 12.7. The summed E-state index contributed by atoms with van der Waals surface area (Å²) in [6, 6.07) is 6.41. The van der Waals surface area contributed by atoms with Crippen LogP contribution in [0, 0.1) is 11.8 Å². The number of rotatable bonds is 4. The molecule has 2 aliphatic carbocycles. The third kappa shape index (κ3) is 2.34. The number of benzene rings is 1. The average Bonchev–Trinajstić information content (AvgIpc) is 2.97. The van der Waals surface area contributed by atoms with E-state index in [1.165, 1.54) is 12.8 Å². The molecule has 2 N–H and O–H groups in total. The van der Waals surface area contributed by atoms with E-state index in [9.17, 15) is 0 Å². The Hall–Kier alpha value is -2.40. The minimum Gasteiger partial charge on any atom is -0.404 e. The minimum absolute atomic E-state index is 0.540. The van der Waals surface area contributed by atoms with Crippen molar-refractivity contribution >= 4 is 39.8 Å². The van der Waals surface area contributed by atoms with Crippen LogP contribution in [0.3, 0.4) is 0 Å². The van der Waals surface area contributed by atoms with Gasteiger partial charge in [-0.15, -0.1) is 0 Å². The first-order valence-corrected chi connectivity index (χ1v) is 9.38. The van der Waals surface area contributed by atoms with Gasteiger partial charge in [0.2, 0.25) is 0 Å². The number of halogens is 1. The summed E-state index contributed by atoms with van der Waals surface area (Å²) in [5.41, 5.74) is 9.49. The molecule has 3 atom stereocenters. The van der Waals surface area contributed by atoms with Crippen molar-refractivity contribution in [1.29, 1.82) is 0 Å². The van der Waals surface area contributed by atoms with Crippen LogP contribution in [0.4, 0.5) is 0 Å². The van der Waals surface area contributed by atoms with E-state index < -0.39 is 0 Å². The van der Waals surface area contributed by atoms with E-state index in [0.717, 1.165) is 50.2 Å². The molecule has 6 heteroatoms. The molecule has 2 fully saturated rings. The maximum atomic E-state index is 6.28. The molecule has 0 amide bonds. The largest absolute Gasteiger partial charge is 0.404 e. The zero-order chi connectivity index (χ0) is 17.8. The lowest BCUT2D eigenvalue weighted by atomic mass is 10.0. The number of pyridine rings is 1. The lowest BCUT2D eigenvalue weighted by Gasteiger charge is -2.09. The molecular formula is C20H20ClN5. The lowest BCUT2D eigenvalue weighted by molar-refractivity contribution is 0.468. The highest BCUT2D eigenvalue weighted by Gasteiger charge is 2.58. The molecule has 3 aromatic rings. The summed E-state index contributed by atoms with van der Waals surface area (Å²) < 4.78 is 2.41. The van der Waals surface area contributed by atoms with E-state index in [1.807, 2.05) is 31.3 Å². The molecular weight excluding hydrogens is 346 g/mol. The Morgan fingerprint density at radius 1 is 1.35 bits per heavy atom. The van der Waals surface area contributed by atoms with E-state index in [0.29, 0.717) is 12.6 Å². The summed E-state index contributed by atoms with van der Waals surface area (Å²) in [5.74, 6) is 2.58. The second-order valence-electron chi connectivity index (χ2n) is 7.33. The number of fused-ring (bicyclic) bond motifs is 4. The molecule has 26 heavy (non-hydrogen) atoms. The van der Waals surface area contributed by atoms with Gasteiger partial charge in [0.15, 0.2) is 0 Å². The van der Waals surface area contributed by atoms with E-state index in [2.05, 4.69) is 14.5 Å². The molecule has 2 heterocycles. The molecule has 0 saturated heterocycles. The molecule has 0 spiro atoms. The molecule has 1 aromatic carbocycles. The predicted molar refractivity (Wildman–Crippen MR) is 105 cm³/mol. The van der Waals surface area contributed by atoms with Gasteiger partial charge in [0.25, 0.3) is 0 Å². The maximum Gasteiger partial charge on any atom is 0.131 e. The van der Waals surface area contributed by atoms with Gasteiger partial charge in [0.1, 0.15) is 11.3 Å². The Kier molecular flexibility index (Phi) is 3.54. The fraction of sp³-hybridized carbons (Fsp3) is 0.350. The standard InChI is InChI=1S/C20H20ClN5/c1-11(7-22)8-23-10-18-25-17-9-24-16-5-2-12(21)6-15(16)20(17)26(18)19-13-3-4-14(13)19/h2,5-9,13-14,19H,3-4,10,22H2,1H3/t13-,14?,19?/m0/s1. The van der Waals surface area contributed by atoms with Crippen molar-refractivity contribution in [1.82, 2.24) is 14.5 Å². The van der Waals surface area contributed by atoms with Crippen LogP contribution in [0.15, 0.2) is 41.2 Å². The van der Waals surface area contributed by atoms with Gasteiger partial charge in [0, 0.05) is 22.7 Å². The van der Waals surface area contributed by atoms with E-state index in [-0.39, 0.29) is 0 Å². The second-order valence-corrected chi connectivity index (χ2v) is 7.76. The number of nitrogens with zero attached hydrogens (tertiary/aromatic N) is 4. The van der Waals surface area contributed by atoms with E-state index in [4.69, 9.17) is 22.3 Å². The fourth-order valence-electron chi connectivity index (χ4n) is 4.25. The lowest BCUT2D eigenvalue weighted by Crippen LogP contribution is -2.03. The first-order valence-electron chi connectivity index (χ1n) is 9.01. The normalized spacial score (nSPS) is 25.0. The topological polar surface area (TPSA) is 69.1 Å². The highest BCUT2D eigenvalue weighted by molar-refractivity contribution is 6.31. The third-order valence-corrected chi connectivity index (χ3v) is 5.99. The first kappa shape index (κ1) is 15.8. The molecule has 0 radical (unpaired) electrons. The summed E-state index contributed by atoms with van der Waals surface area (Å²) in [7, 11) is 0. The van der Waals surface area contributed by atoms with Crippen molar-refractivity contribution in [2.24, 2.45) is 22.6 Å². The number of hydrogen-bond acceptors (Lipinski definition) is 4. The van der Waals surface area contributed by atoms with Gasteiger partial charge in [-0.05, 0) is 61.6 Å². The van der Waals surface area contributed by atoms with Crippen LogP contribution in [0.2, 0.25) is 5.02 Å². The molecule has 5 nitrogen and oxygen atoms in total. The third-order valence-electron chi connectivity index (χ3n) is 5.76. The number of allylic oxidation sites excluding steroid dienone is 1. The molecule has 2 unspecified atom stereocenters. The molecule has 2 aliphatic rings. The van der Waals surface area contributed by atoms with Gasteiger partial charge in [0.05, 0.1) is 23.8 Å². The van der Waals surface area contributed by atoms with Gasteiger partial charge in [-0.25, -0.2) is 4.98 Å². The SMILES string of the molecule is CC(C=NCc1nc2cnc3ccc(Cl)cc3c2n1C1C2CC[C@@H]21)=CN. The highest BCUT2D eigenvalue weighted by atomic mass is 35.5. The van der Waals surface area contributed by atoms with Crippen molar-refractivity contribution < 1.29 is 0 Å². The van der Waals surface area contributed by atoms with E-state index in [1.54, 1.807) is 12.4 Å². The van der Waals surface area contributed by atoms with Gasteiger partial charge in [-0.3, -0.25) is 9.98 Å². The summed E-state index contributed by atoms with van der Waals surface area (Å²) in [6.07, 6.45) is 7.86. The number of nitrogens with two attached hydrogens (primary N) is 1. The summed E-state index contributed by atoms with van der Waals surface area (Å²) in [5, 5.41) is 1.80. The summed E-state index contributed by atoms with van der Waals surface area (Å²) >= 11 is 6.28. The average molecular weight is 366 g/mol. The van der Waals surface area contributed by atoms with Crippen LogP contribution in [0.1, 0.15) is 31.6 Å². The smallest absolute Gasteiger partial charge is 0.131 e. The Morgan fingerprint density at radius 3 is 2.88 bits per heavy atom. The Morgan fingerprint density at radius 2 is 2.15 bits per heavy atom. The highest BCUT2D eigenvalue weighted by Crippen LogP contribution is 2.65. The van der Waals surface area contributed by atoms with E-state index >= 15 is 0 Å². The van der Waals surface area contributed by atoms with Crippen LogP contribution in [0.25, 0.3) is 21.9 Å². The van der Waals surface area contributed by atoms with Crippen molar-refractivity contribution in [3.05, 3.63) is 47.0 Å². The predicted octanol–water partition coefficient (Wildman–Crippen LogP) is 4.25. The van der Waals surface area contributed by atoms with Crippen molar-refractivity contribution in [2.45, 2.75) is 32.4 Å². The van der Waals surface area contributed by atoms with Crippen LogP contribution in [-0.2, 0) is 6.54 Å².